The quantitative estimate of drug-likeness (QED) is 0.700. The summed E-state index contributed by atoms with van der Waals surface area (Å²) >= 11 is 0. The van der Waals surface area contributed by atoms with Gasteiger partial charge in [-0.3, -0.25) is 9.59 Å². The molecule has 3 atom stereocenters. The van der Waals surface area contributed by atoms with Crippen molar-refractivity contribution in [2.24, 2.45) is 17.8 Å². The molecule has 0 bridgehead atoms. The minimum atomic E-state index is -0.326. The molecule has 1 aliphatic heterocycles. The summed E-state index contributed by atoms with van der Waals surface area (Å²) in [6.07, 6.45) is 3.42. The van der Waals surface area contributed by atoms with Gasteiger partial charge in [0.05, 0.1) is 0 Å². The van der Waals surface area contributed by atoms with Crippen LogP contribution in [0.4, 0.5) is 0 Å². The molecule has 0 aromatic carbocycles. The molecule has 2 amide bonds. The van der Waals surface area contributed by atoms with Crippen LogP contribution in [0.15, 0.2) is 0 Å². The van der Waals surface area contributed by atoms with Crippen molar-refractivity contribution in [3.05, 3.63) is 0 Å². The largest absolute Gasteiger partial charge is 0.357 e. The van der Waals surface area contributed by atoms with Gasteiger partial charge in [-0.1, -0.05) is 0 Å². The van der Waals surface area contributed by atoms with Crippen LogP contribution in [0.2, 0.25) is 0 Å². The Bertz CT molecular complexity index is 361. The van der Waals surface area contributed by atoms with Crippen molar-refractivity contribution in [1.82, 2.24) is 15.5 Å². The number of nitrogens with zero attached hydrogens (tertiary/aromatic N) is 1. The number of carbonyl (C=O) groups is 2. The lowest BCUT2D eigenvalue weighted by Crippen LogP contribution is -2.60. The van der Waals surface area contributed by atoms with E-state index in [4.69, 9.17) is 0 Å². The highest BCUT2D eigenvalue weighted by Crippen LogP contribution is 2.54. The van der Waals surface area contributed by atoms with Crippen molar-refractivity contribution in [3.63, 3.8) is 0 Å². The first-order valence-corrected chi connectivity index (χ1v) is 6.93. The van der Waals surface area contributed by atoms with E-state index in [1.54, 1.807) is 11.9 Å². The third-order valence-corrected chi connectivity index (χ3v) is 4.67. The second-order valence-electron chi connectivity index (χ2n) is 5.79. The molecule has 3 aliphatic rings. The molecule has 2 N–H and O–H groups in total. The van der Waals surface area contributed by atoms with Gasteiger partial charge < -0.3 is 15.5 Å². The van der Waals surface area contributed by atoms with Gasteiger partial charge >= 0.3 is 0 Å². The molecule has 1 heterocycles. The highest BCUT2D eigenvalue weighted by Gasteiger charge is 2.49. The Morgan fingerprint density at radius 1 is 1.22 bits per heavy atom. The van der Waals surface area contributed by atoms with Crippen molar-refractivity contribution in [3.8, 4) is 0 Å². The van der Waals surface area contributed by atoms with E-state index in [0.29, 0.717) is 13.1 Å². The van der Waals surface area contributed by atoms with E-state index >= 15 is 0 Å². The van der Waals surface area contributed by atoms with E-state index in [2.05, 4.69) is 10.6 Å². The molecule has 3 rings (SSSR count). The molecular weight excluding hydrogens is 230 g/mol. The molecule has 2 saturated carbocycles. The number of hydrogen-bond acceptors (Lipinski definition) is 3. The summed E-state index contributed by atoms with van der Waals surface area (Å²) < 4.78 is 0. The Morgan fingerprint density at radius 3 is 2.61 bits per heavy atom. The maximum Gasteiger partial charge on any atom is 0.243 e. The van der Waals surface area contributed by atoms with Gasteiger partial charge in [-0.2, -0.15) is 0 Å². The Hall–Kier alpha value is -1.10. The summed E-state index contributed by atoms with van der Waals surface area (Å²) in [5.41, 5.74) is 0. The van der Waals surface area contributed by atoms with Crippen LogP contribution in [0.3, 0.4) is 0 Å². The van der Waals surface area contributed by atoms with Gasteiger partial charge in [-0.25, -0.2) is 0 Å². The van der Waals surface area contributed by atoms with Gasteiger partial charge in [0.15, 0.2) is 0 Å². The van der Waals surface area contributed by atoms with E-state index in [1.807, 2.05) is 0 Å². The molecule has 2 aliphatic carbocycles. The second-order valence-corrected chi connectivity index (χ2v) is 5.79. The maximum atomic E-state index is 12.5. The van der Waals surface area contributed by atoms with E-state index < -0.39 is 0 Å². The minimum Gasteiger partial charge on any atom is -0.357 e. The Morgan fingerprint density at radius 2 is 1.94 bits per heavy atom. The van der Waals surface area contributed by atoms with Crippen LogP contribution in [-0.2, 0) is 9.59 Å². The normalized spacial score (nSPS) is 38.2. The lowest BCUT2D eigenvalue weighted by molar-refractivity contribution is -0.144. The number of amides is 2. The number of nitrogens with one attached hydrogen (secondary N) is 2. The van der Waals surface area contributed by atoms with Crippen LogP contribution in [0.25, 0.3) is 0 Å². The van der Waals surface area contributed by atoms with E-state index in [9.17, 15) is 9.59 Å². The predicted molar refractivity (Wildman–Crippen MR) is 66.8 cm³/mol. The Kier molecular flexibility index (Phi) is 3.01. The fourth-order valence-electron chi connectivity index (χ4n) is 3.52. The average Bonchev–Trinajstić information content (AvgIpc) is 3.03. The van der Waals surface area contributed by atoms with Crippen molar-refractivity contribution >= 4 is 11.8 Å². The van der Waals surface area contributed by atoms with E-state index in [-0.39, 0.29) is 23.8 Å². The topological polar surface area (TPSA) is 61.4 Å². The third kappa shape index (κ3) is 2.00. The molecule has 0 radical (unpaired) electrons. The lowest BCUT2D eigenvalue weighted by Gasteiger charge is -2.36. The predicted octanol–water partition coefficient (Wildman–Crippen LogP) is -0.421. The Labute approximate surface area is 107 Å². The van der Waals surface area contributed by atoms with Gasteiger partial charge in [-0.05, 0) is 31.1 Å². The lowest BCUT2D eigenvalue weighted by atomic mass is 10.00. The maximum absolute atomic E-state index is 12.5. The highest BCUT2D eigenvalue weighted by atomic mass is 16.2. The number of piperazine rings is 1. The summed E-state index contributed by atoms with van der Waals surface area (Å²) in [6.45, 7) is 2.02. The second kappa shape index (κ2) is 4.53. The van der Waals surface area contributed by atoms with Crippen molar-refractivity contribution in [1.29, 1.82) is 0 Å². The van der Waals surface area contributed by atoms with Gasteiger partial charge in [0.2, 0.25) is 11.8 Å². The van der Waals surface area contributed by atoms with Crippen LogP contribution in [0.5, 0.6) is 0 Å². The number of hydrogen-bond donors (Lipinski definition) is 2. The first-order chi connectivity index (χ1) is 8.70. The summed E-state index contributed by atoms with van der Waals surface area (Å²) in [4.78, 5) is 26.1. The first kappa shape index (κ1) is 12.0. The molecule has 3 unspecified atom stereocenters. The molecule has 0 aromatic rings. The molecular formula is C13H21N3O2. The van der Waals surface area contributed by atoms with Gasteiger partial charge in [0, 0.05) is 32.6 Å². The monoisotopic (exact) mass is 251 g/mol. The molecule has 1 saturated heterocycles. The minimum absolute atomic E-state index is 0.0568. The van der Waals surface area contributed by atoms with Gasteiger partial charge in [0.25, 0.3) is 0 Å². The zero-order valence-corrected chi connectivity index (χ0v) is 10.8. The van der Waals surface area contributed by atoms with E-state index in [0.717, 1.165) is 31.2 Å². The summed E-state index contributed by atoms with van der Waals surface area (Å²) in [7, 11) is 1.63. The number of fused-ring (bicyclic) bond motifs is 1. The zero-order chi connectivity index (χ0) is 12.7. The summed E-state index contributed by atoms with van der Waals surface area (Å²) in [5, 5.41) is 5.84. The molecule has 18 heavy (non-hydrogen) atoms. The molecule has 5 heteroatoms. The number of likely N-dealkylation sites (N-methyl/N-ethyl adjacent to an activating group) is 1. The van der Waals surface area contributed by atoms with E-state index in [1.165, 1.54) is 6.42 Å². The standard InChI is InChI=1S/C13H21N3O2/c1-14-12(17)11-7-15-2-3-16(11)13(18)10-5-8-4-9(8)6-10/h8-11,15H,2-7H2,1H3,(H,14,17). The van der Waals surface area contributed by atoms with Crippen molar-refractivity contribution in [2.75, 3.05) is 26.7 Å². The smallest absolute Gasteiger partial charge is 0.243 e. The van der Waals surface area contributed by atoms with Gasteiger partial charge in [0.1, 0.15) is 6.04 Å². The molecule has 0 spiro atoms. The molecule has 100 valence electrons. The fourth-order valence-corrected chi connectivity index (χ4v) is 3.52. The van der Waals surface area contributed by atoms with Crippen molar-refractivity contribution in [2.45, 2.75) is 25.3 Å². The fraction of sp³-hybridized carbons (Fsp3) is 0.846. The zero-order valence-electron chi connectivity index (χ0n) is 10.8. The van der Waals surface area contributed by atoms with Crippen LogP contribution >= 0.6 is 0 Å². The SMILES string of the molecule is CNC(=O)C1CNCCN1C(=O)C1CC2CC2C1. The highest BCUT2D eigenvalue weighted by molar-refractivity contribution is 5.89. The van der Waals surface area contributed by atoms with Crippen molar-refractivity contribution < 1.29 is 9.59 Å². The average molecular weight is 251 g/mol. The summed E-state index contributed by atoms with van der Waals surface area (Å²) in [6, 6.07) is -0.326. The van der Waals surface area contributed by atoms with Crippen LogP contribution < -0.4 is 10.6 Å². The summed E-state index contributed by atoms with van der Waals surface area (Å²) in [5.74, 6) is 1.94. The van der Waals surface area contributed by atoms with Crippen LogP contribution in [0, 0.1) is 17.8 Å². The molecule has 3 fully saturated rings. The van der Waals surface area contributed by atoms with Crippen LogP contribution in [0.1, 0.15) is 19.3 Å². The van der Waals surface area contributed by atoms with Crippen LogP contribution in [-0.4, -0.2) is 49.4 Å². The third-order valence-electron chi connectivity index (χ3n) is 4.67. The number of carbonyl (C=O) groups excluding carboxylic acids is 2. The number of rotatable bonds is 2. The van der Waals surface area contributed by atoms with Gasteiger partial charge in [-0.15, -0.1) is 0 Å². The Balaban J connectivity index is 1.67. The molecule has 0 aromatic heterocycles. The first-order valence-electron chi connectivity index (χ1n) is 6.93. The molecule has 5 nitrogen and oxygen atoms in total.